The summed E-state index contributed by atoms with van der Waals surface area (Å²) < 4.78 is 13.3. The molecule has 0 aliphatic heterocycles. The Morgan fingerprint density at radius 1 is 0.944 bits per heavy atom. The third kappa shape index (κ3) is 2.29. The van der Waals surface area contributed by atoms with Crippen LogP contribution < -0.4 is 0 Å². The molecule has 1 atom stereocenters. The first kappa shape index (κ1) is 12.8. The van der Waals surface area contributed by atoms with E-state index in [-0.39, 0.29) is 5.82 Å². The van der Waals surface area contributed by atoms with E-state index < -0.39 is 6.10 Å². The Hall–Kier alpha value is -1.67. The molecule has 0 spiro atoms. The van der Waals surface area contributed by atoms with Gasteiger partial charge in [0.1, 0.15) is 11.9 Å². The zero-order valence-electron chi connectivity index (χ0n) is 10.9. The molecule has 1 unspecified atom stereocenters. The Balaban J connectivity index is 2.53. The monoisotopic (exact) mass is 244 g/mol. The van der Waals surface area contributed by atoms with E-state index in [1.807, 2.05) is 45.0 Å². The van der Waals surface area contributed by atoms with Gasteiger partial charge in [0.15, 0.2) is 0 Å². The SMILES string of the molecule is Cc1ccccc1C(O)c1c(C)cc(F)cc1C. The number of hydrogen-bond acceptors (Lipinski definition) is 1. The number of aliphatic hydroxyl groups excluding tert-OH is 1. The van der Waals surface area contributed by atoms with Gasteiger partial charge < -0.3 is 5.11 Å². The van der Waals surface area contributed by atoms with Crippen molar-refractivity contribution in [3.63, 3.8) is 0 Å². The molecule has 2 aromatic carbocycles. The predicted molar refractivity (Wildman–Crippen MR) is 71.1 cm³/mol. The van der Waals surface area contributed by atoms with Crippen molar-refractivity contribution < 1.29 is 9.50 Å². The first-order chi connectivity index (χ1) is 8.50. The number of rotatable bonds is 2. The lowest BCUT2D eigenvalue weighted by Gasteiger charge is -2.18. The largest absolute Gasteiger partial charge is 0.384 e. The van der Waals surface area contributed by atoms with Gasteiger partial charge in [-0.25, -0.2) is 4.39 Å². The maximum absolute atomic E-state index is 13.3. The molecule has 0 saturated heterocycles. The van der Waals surface area contributed by atoms with E-state index >= 15 is 0 Å². The fourth-order valence-corrected chi connectivity index (χ4v) is 2.40. The molecular weight excluding hydrogens is 227 g/mol. The van der Waals surface area contributed by atoms with Gasteiger partial charge in [-0.3, -0.25) is 0 Å². The Morgan fingerprint density at radius 3 is 2.06 bits per heavy atom. The quantitative estimate of drug-likeness (QED) is 0.851. The summed E-state index contributed by atoms with van der Waals surface area (Å²) in [6.07, 6.45) is -0.702. The summed E-state index contributed by atoms with van der Waals surface area (Å²) in [5, 5.41) is 10.5. The third-order valence-electron chi connectivity index (χ3n) is 3.31. The molecule has 0 fully saturated rings. The van der Waals surface area contributed by atoms with Crippen molar-refractivity contribution in [1.29, 1.82) is 0 Å². The molecule has 2 aromatic rings. The van der Waals surface area contributed by atoms with Crippen LogP contribution in [-0.2, 0) is 0 Å². The van der Waals surface area contributed by atoms with Gasteiger partial charge in [0, 0.05) is 0 Å². The smallest absolute Gasteiger partial charge is 0.123 e. The van der Waals surface area contributed by atoms with Gasteiger partial charge in [0.2, 0.25) is 0 Å². The third-order valence-corrected chi connectivity index (χ3v) is 3.31. The average Bonchev–Trinajstić information content (AvgIpc) is 2.27. The summed E-state index contributed by atoms with van der Waals surface area (Å²) in [7, 11) is 0. The molecule has 0 amide bonds. The van der Waals surface area contributed by atoms with Crippen molar-refractivity contribution in [3.8, 4) is 0 Å². The Bertz CT molecular complexity index is 552. The van der Waals surface area contributed by atoms with Gasteiger partial charge in [0.05, 0.1) is 0 Å². The number of hydrogen-bond donors (Lipinski definition) is 1. The standard InChI is InChI=1S/C16H17FO/c1-10-6-4-5-7-14(10)16(18)15-11(2)8-13(17)9-12(15)3/h4-9,16,18H,1-3H3. The lowest BCUT2D eigenvalue weighted by molar-refractivity contribution is 0.218. The maximum Gasteiger partial charge on any atom is 0.123 e. The zero-order valence-corrected chi connectivity index (χ0v) is 10.9. The molecule has 1 nitrogen and oxygen atoms in total. The molecule has 0 bridgehead atoms. The van der Waals surface area contributed by atoms with Gasteiger partial charge in [0.25, 0.3) is 0 Å². The molecule has 0 heterocycles. The normalized spacial score (nSPS) is 12.5. The molecule has 0 radical (unpaired) electrons. The second-order valence-electron chi connectivity index (χ2n) is 4.71. The summed E-state index contributed by atoms with van der Waals surface area (Å²) in [6.45, 7) is 5.62. The summed E-state index contributed by atoms with van der Waals surface area (Å²) in [6, 6.07) is 10.6. The first-order valence-electron chi connectivity index (χ1n) is 6.01. The number of aryl methyl sites for hydroxylation is 3. The molecule has 18 heavy (non-hydrogen) atoms. The van der Waals surface area contributed by atoms with E-state index in [1.165, 1.54) is 12.1 Å². The van der Waals surface area contributed by atoms with Crippen molar-refractivity contribution in [2.24, 2.45) is 0 Å². The maximum atomic E-state index is 13.3. The number of benzene rings is 2. The molecule has 0 aromatic heterocycles. The van der Waals surface area contributed by atoms with Crippen LogP contribution in [0.2, 0.25) is 0 Å². The van der Waals surface area contributed by atoms with E-state index in [0.717, 1.165) is 27.8 Å². The Morgan fingerprint density at radius 2 is 1.50 bits per heavy atom. The lowest BCUT2D eigenvalue weighted by atomic mass is 9.91. The van der Waals surface area contributed by atoms with Crippen molar-refractivity contribution in [1.82, 2.24) is 0 Å². The van der Waals surface area contributed by atoms with E-state index in [9.17, 15) is 9.50 Å². The van der Waals surface area contributed by atoms with Gasteiger partial charge in [-0.05, 0) is 60.7 Å². The van der Waals surface area contributed by atoms with Gasteiger partial charge in [-0.2, -0.15) is 0 Å². The van der Waals surface area contributed by atoms with Gasteiger partial charge in [-0.1, -0.05) is 24.3 Å². The van der Waals surface area contributed by atoms with Crippen LogP contribution in [0.5, 0.6) is 0 Å². The molecule has 0 saturated carbocycles. The molecular formula is C16H17FO. The van der Waals surface area contributed by atoms with Crippen LogP contribution in [-0.4, -0.2) is 5.11 Å². The highest BCUT2D eigenvalue weighted by molar-refractivity contribution is 5.43. The van der Waals surface area contributed by atoms with Crippen LogP contribution in [0, 0.1) is 26.6 Å². The summed E-state index contributed by atoms with van der Waals surface area (Å²) >= 11 is 0. The molecule has 94 valence electrons. The Labute approximate surface area is 107 Å². The van der Waals surface area contributed by atoms with Crippen LogP contribution in [0.25, 0.3) is 0 Å². The fraction of sp³-hybridized carbons (Fsp3) is 0.250. The van der Waals surface area contributed by atoms with Crippen LogP contribution in [0.1, 0.15) is 33.9 Å². The first-order valence-corrected chi connectivity index (χ1v) is 6.01. The van der Waals surface area contributed by atoms with E-state index in [1.54, 1.807) is 0 Å². The lowest BCUT2D eigenvalue weighted by Crippen LogP contribution is -2.06. The van der Waals surface area contributed by atoms with Crippen molar-refractivity contribution in [2.75, 3.05) is 0 Å². The zero-order chi connectivity index (χ0) is 13.3. The minimum Gasteiger partial charge on any atom is -0.384 e. The molecule has 0 aliphatic carbocycles. The molecule has 0 aliphatic rings. The minimum atomic E-state index is -0.702. The van der Waals surface area contributed by atoms with Crippen molar-refractivity contribution >= 4 is 0 Å². The predicted octanol–water partition coefficient (Wildman–Crippen LogP) is 3.83. The van der Waals surface area contributed by atoms with Crippen LogP contribution >= 0.6 is 0 Å². The minimum absolute atomic E-state index is 0.259. The van der Waals surface area contributed by atoms with E-state index in [0.29, 0.717) is 0 Å². The molecule has 2 heteroatoms. The van der Waals surface area contributed by atoms with Crippen molar-refractivity contribution in [2.45, 2.75) is 26.9 Å². The second-order valence-corrected chi connectivity index (χ2v) is 4.71. The highest BCUT2D eigenvalue weighted by Gasteiger charge is 2.17. The topological polar surface area (TPSA) is 20.2 Å². The Kier molecular flexibility index (Phi) is 3.48. The summed E-state index contributed by atoms with van der Waals surface area (Å²) in [4.78, 5) is 0. The van der Waals surface area contributed by atoms with Crippen molar-refractivity contribution in [3.05, 3.63) is 70.0 Å². The fourth-order valence-electron chi connectivity index (χ4n) is 2.40. The average molecular weight is 244 g/mol. The van der Waals surface area contributed by atoms with Crippen LogP contribution in [0.4, 0.5) is 4.39 Å². The molecule has 1 N–H and O–H groups in total. The van der Waals surface area contributed by atoms with Gasteiger partial charge >= 0.3 is 0 Å². The van der Waals surface area contributed by atoms with E-state index in [4.69, 9.17) is 0 Å². The number of halogens is 1. The molecule has 2 rings (SSSR count). The van der Waals surface area contributed by atoms with Crippen LogP contribution in [0.15, 0.2) is 36.4 Å². The van der Waals surface area contributed by atoms with E-state index in [2.05, 4.69) is 0 Å². The summed E-state index contributed by atoms with van der Waals surface area (Å²) in [5.74, 6) is -0.259. The second kappa shape index (κ2) is 4.91. The van der Waals surface area contributed by atoms with Crippen LogP contribution in [0.3, 0.4) is 0 Å². The van der Waals surface area contributed by atoms with Gasteiger partial charge in [-0.15, -0.1) is 0 Å². The highest BCUT2D eigenvalue weighted by Crippen LogP contribution is 2.30. The highest BCUT2D eigenvalue weighted by atomic mass is 19.1. The summed E-state index contributed by atoms with van der Waals surface area (Å²) in [5.41, 5.74) is 4.26. The number of aliphatic hydroxyl groups is 1.